The van der Waals surface area contributed by atoms with Crippen molar-refractivity contribution in [2.75, 3.05) is 264 Å². The fourth-order valence-corrected chi connectivity index (χ4v) is 9.85. The molecule has 0 unspecified atom stereocenters. The fraction of sp³-hybridized carbons (Fsp3) is 1.00. The molecule has 2 rings (SSSR count). The van der Waals surface area contributed by atoms with Crippen LogP contribution in [0.25, 0.3) is 0 Å². The van der Waals surface area contributed by atoms with Crippen molar-refractivity contribution < 1.29 is 9.47 Å². The Bertz CT molecular complexity index is 1140. The van der Waals surface area contributed by atoms with Gasteiger partial charge in [0.1, 0.15) is 0 Å². The Morgan fingerprint density at radius 3 is 0.853 bits per heavy atom. The van der Waals surface area contributed by atoms with Crippen molar-refractivity contribution in [1.29, 1.82) is 0 Å². The van der Waals surface area contributed by atoms with Gasteiger partial charge in [-0.2, -0.15) is 0 Å². The summed E-state index contributed by atoms with van der Waals surface area (Å²) in [5, 5.41) is 6.74. The normalized spacial score (nSPS) is 13.4. The number of hydrogen-bond donors (Lipinski definition) is 16. The summed E-state index contributed by atoms with van der Waals surface area (Å²) < 4.78 is 10.1. The molecule has 2 heterocycles. The van der Waals surface area contributed by atoms with Crippen LogP contribution < -0.4 is 90.9 Å². The molecule has 0 aromatic heterocycles. The summed E-state index contributed by atoms with van der Waals surface area (Å²) in [5.74, 6) is 0. The van der Waals surface area contributed by atoms with Crippen molar-refractivity contribution in [2.24, 2.45) is 80.3 Å². The lowest BCUT2D eigenvalue weighted by molar-refractivity contribution is 0.0538. The van der Waals surface area contributed by atoms with Crippen molar-refractivity contribution in [2.45, 2.75) is 200 Å². The lowest BCUT2D eigenvalue weighted by Gasteiger charge is -2.34. The molecule has 2 aliphatic rings. The standard InChI is InChI=1S/C11H25N3.C11H26N2.C10H25N5.C10H25N3.C9H22N2.C7H19N3.C7H18N2.C6H16N2O2/c1-2-3-6-13-8-10-14(11-9-13)7-4-5-12;12-10-8-6-4-2-1-3-5-7-9-11-13;11-1-3-13-4-6-15-9-7-14(5-2-12)8-10-15;11-7-3-1-5-9-13-10-6-2-4-8-12;1-11(2)9-7-5-3-4-6-8-10;1-10(6-2-4-8)7-3-5-9;8-6-4-2-1-3-5-7-9;7-1-3-9-5-6-10-4-2-8/h2-12H2,1H3;1-13H2;13H,1-12H2;13H,1-12H2;3-10H2,1-2H3;2-9H2,1H3;1-9H2;1-8H2. The van der Waals surface area contributed by atoms with E-state index in [0.717, 1.165) is 176 Å². The van der Waals surface area contributed by atoms with E-state index in [1.54, 1.807) is 0 Å². The highest BCUT2D eigenvalue weighted by atomic mass is 16.5. The molecule has 2 saturated heterocycles. The highest BCUT2D eigenvalue weighted by molar-refractivity contribution is 4.73. The lowest BCUT2D eigenvalue weighted by Crippen LogP contribution is -2.49. The van der Waals surface area contributed by atoms with E-state index in [1.807, 2.05) is 0 Å². The zero-order valence-corrected chi connectivity index (χ0v) is 64.0. The van der Waals surface area contributed by atoms with E-state index in [-0.39, 0.29) is 0 Å². The summed E-state index contributed by atoms with van der Waals surface area (Å²) in [4.78, 5) is 14.6. The molecule has 0 aromatic carbocycles. The van der Waals surface area contributed by atoms with Gasteiger partial charge in [-0.25, -0.2) is 0 Å². The molecule has 2 aliphatic heterocycles. The SMILES string of the molecule is CCCCN1CCN(CCCN)CC1.CN(C)CCCCCCCN.CN(CCCN)CCCN.NCCCCCCCCCCCN.NCCCCCCCN.NCCCCCNCCCCCN.NCCNCCN1CCN(CCN)CC1.NCCOCCOCCN. The van der Waals surface area contributed by atoms with Crippen LogP contribution in [0.1, 0.15) is 200 Å². The van der Waals surface area contributed by atoms with Crippen molar-refractivity contribution >= 4 is 0 Å². The molecule has 0 bridgehead atoms. The van der Waals surface area contributed by atoms with Crippen LogP contribution in [0.3, 0.4) is 0 Å². The maximum atomic E-state index is 5.53. The van der Waals surface area contributed by atoms with Gasteiger partial charge in [0.25, 0.3) is 0 Å². The van der Waals surface area contributed by atoms with Crippen LogP contribution in [0.2, 0.25) is 0 Å². The quantitative estimate of drug-likeness (QED) is 0.0389. The number of hydrogen-bond acceptors (Lipinski definition) is 24. The molecule has 0 radical (unpaired) electrons. The number of nitrogens with zero attached hydrogens (tertiary/aromatic N) is 6. The van der Waals surface area contributed by atoms with Gasteiger partial charge < -0.3 is 120 Å². The molecule has 582 valence electrons. The van der Waals surface area contributed by atoms with Gasteiger partial charge in [-0.15, -0.1) is 0 Å². The van der Waals surface area contributed by atoms with Crippen molar-refractivity contribution in [3.63, 3.8) is 0 Å². The first-order valence-corrected chi connectivity index (χ1v) is 39.1. The van der Waals surface area contributed by atoms with Crippen LogP contribution in [-0.2, 0) is 9.47 Å². The Labute approximate surface area is 590 Å². The van der Waals surface area contributed by atoms with E-state index in [1.165, 1.54) is 219 Å². The third kappa shape index (κ3) is 107. The third-order valence-electron chi connectivity index (χ3n) is 15.9. The van der Waals surface area contributed by atoms with E-state index in [0.29, 0.717) is 39.5 Å². The van der Waals surface area contributed by atoms with E-state index >= 15 is 0 Å². The first-order chi connectivity index (χ1) is 46.5. The molecule has 24 heteroatoms. The monoisotopic (exact) mass is 1370 g/mol. The predicted molar refractivity (Wildman–Crippen MR) is 420 cm³/mol. The van der Waals surface area contributed by atoms with E-state index < -0.39 is 0 Å². The molecule has 95 heavy (non-hydrogen) atoms. The zero-order chi connectivity index (χ0) is 71.7. The van der Waals surface area contributed by atoms with Gasteiger partial charge in [0, 0.05) is 105 Å². The Morgan fingerprint density at radius 1 is 0.253 bits per heavy atom. The van der Waals surface area contributed by atoms with E-state index in [2.05, 4.69) is 68.1 Å². The number of piperazine rings is 2. The maximum absolute atomic E-state index is 5.53. The summed E-state index contributed by atoms with van der Waals surface area (Å²) in [7, 11) is 6.35. The molecular formula is C71H176N22O2. The Kier molecular flexibility index (Phi) is 112. The van der Waals surface area contributed by atoms with Gasteiger partial charge in [-0.3, -0.25) is 9.80 Å². The van der Waals surface area contributed by atoms with Crippen molar-refractivity contribution in [1.82, 2.24) is 40.0 Å². The molecule has 0 spiro atoms. The second-order valence-corrected chi connectivity index (χ2v) is 25.5. The molecule has 24 nitrogen and oxygen atoms in total. The molecule has 0 aliphatic carbocycles. The minimum absolute atomic E-state index is 0.566. The first-order valence-electron chi connectivity index (χ1n) is 39.1. The molecule has 0 aromatic rings. The van der Waals surface area contributed by atoms with E-state index in [9.17, 15) is 0 Å². The average Bonchev–Trinajstić information content (AvgIpc) is 1.57. The van der Waals surface area contributed by atoms with Crippen molar-refractivity contribution in [3.8, 4) is 0 Å². The number of unbranched alkanes of at least 4 members (excludes halogenated alkanes) is 21. The van der Waals surface area contributed by atoms with Gasteiger partial charge in [0.15, 0.2) is 0 Å². The van der Waals surface area contributed by atoms with Gasteiger partial charge in [0.05, 0.1) is 26.4 Å². The van der Waals surface area contributed by atoms with Gasteiger partial charge in [-0.1, -0.05) is 110 Å². The first kappa shape index (κ1) is 105. The van der Waals surface area contributed by atoms with Crippen LogP contribution in [0.4, 0.5) is 0 Å². The maximum Gasteiger partial charge on any atom is 0.0701 e. The Morgan fingerprint density at radius 2 is 0.547 bits per heavy atom. The summed E-state index contributed by atoms with van der Waals surface area (Å²) in [6.07, 6.45) is 38.0. The third-order valence-corrected chi connectivity index (χ3v) is 15.9. The number of nitrogens with one attached hydrogen (secondary N) is 2. The molecule has 30 N–H and O–H groups in total. The van der Waals surface area contributed by atoms with Crippen LogP contribution in [0, 0.1) is 0 Å². The molecular weight excluding hydrogens is 1190 g/mol. The summed E-state index contributed by atoms with van der Waals surface area (Å²) in [5.41, 5.74) is 75.1. The second kappa shape index (κ2) is 102. The minimum atomic E-state index is 0.566. The largest absolute Gasteiger partial charge is 0.378 e. The Hall–Kier alpha value is -0.960. The van der Waals surface area contributed by atoms with Gasteiger partial charge in [0.2, 0.25) is 0 Å². The van der Waals surface area contributed by atoms with Gasteiger partial charge in [-0.05, 0) is 222 Å². The summed E-state index contributed by atoms with van der Waals surface area (Å²) >= 11 is 0. The van der Waals surface area contributed by atoms with Crippen LogP contribution in [0.5, 0.6) is 0 Å². The molecule has 0 saturated carbocycles. The predicted octanol–water partition coefficient (Wildman–Crippen LogP) is 2.98. The van der Waals surface area contributed by atoms with Crippen LogP contribution >= 0.6 is 0 Å². The summed E-state index contributed by atoms with van der Waals surface area (Å²) in [6, 6.07) is 0. The average molecular weight is 1370 g/mol. The molecule has 0 amide bonds. The minimum Gasteiger partial charge on any atom is -0.378 e. The zero-order valence-electron chi connectivity index (χ0n) is 64.0. The van der Waals surface area contributed by atoms with Crippen LogP contribution in [0.15, 0.2) is 0 Å². The number of ether oxygens (including phenoxy) is 2. The number of rotatable bonds is 59. The van der Waals surface area contributed by atoms with Crippen LogP contribution in [-0.4, -0.2) is 293 Å². The topological polar surface area (TPSA) is 426 Å². The fourth-order valence-electron chi connectivity index (χ4n) is 9.85. The summed E-state index contributed by atoms with van der Waals surface area (Å²) in [6.45, 7) is 37.6. The Balaban J connectivity index is -0.000000240. The lowest BCUT2D eigenvalue weighted by atomic mass is 10.1. The van der Waals surface area contributed by atoms with Gasteiger partial charge >= 0.3 is 0 Å². The number of nitrogens with two attached hydrogens (primary N) is 14. The molecule has 2 fully saturated rings. The molecule has 0 atom stereocenters. The highest BCUT2D eigenvalue weighted by Crippen LogP contribution is 2.09. The smallest absolute Gasteiger partial charge is 0.0701 e. The van der Waals surface area contributed by atoms with Crippen molar-refractivity contribution in [3.05, 3.63) is 0 Å². The second-order valence-electron chi connectivity index (χ2n) is 25.5. The van der Waals surface area contributed by atoms with E-state index in [4.69, 9.17) is 89.7 Å². The highest BCUT2D eigenvalue weighted by Gasteiger charge is 2.16.